The molecule has 0 unspecified atom stereocenters. The van der Waals surface area contributed by atoms with Crippen molar-refractivity contribution < 1.29 is 23.9 Å². The van der Waals surface area contributed by atoms with Gasteiger partial charge in [-0.25, -0.2) is 4.99 Å². The van der Waals surface area contributed by atoms with Crippen molar-refractivity contribution in [3.63, 3.8) is 0 Å². The molecule has 1 aromatic rings. The third-order valence-electron chi connectivity index (χ3n) is 4.06. The molecule has 1 aliphatic heterocycles. The molecule has 0 saturated carbocycles. The van der Waals surface area contributed by atoms with Gasteiger partial charge in [0.15, 0.2) is 0 Å². The molecule has 7 nitrogen and oxygen atoms in total. The van der Waals surface area contributed by atoms with Crippen LogP contribution in [0.1, 0.15) is 30.6 Å². The van der Waals surface area contributed by atoms with Gasteiger partial charge < -0.3 is 19.1 Å². The molecule has 0 bridgehead atoms. The van der Waals surface area contributed by atoms with Crippen LogP contribution in [-0.2, 0) is 9.47 Å². The Morgan fingerprint density at radius 2 is 1.96 bits per heavy atom. The van der Waals surface area contributed by atoms with Crippen molar-refractivity contribution in [1.82, 2.24) is 5.32 Å². The van der Waals surface area contributed by atoms with Crippen LogP contribution >= 0.6 is 0 Å². The predicted molar refractivity (Wildman–Crippen MR) is 100.0 cm³/mol. The van der Waals surface area contributed by atoms with Crippen molar-refractivity contribution in [3.05, 3.63) is 29.8 Å². The number of nitrogens with zero attached hydrogens (tertiary/aromatic N) is 1. The number of amides is 1. The topological polar surface area (TPSA) is 73.6 Å². The summed E-state index contributed by atoms with van der Waals surface area (Å²) in [6.07, 6.45) is 0.883. The second kappa shape index (κ2) is 10.8. The molecule has 7 heteroatoms. The lowest BCUT2D eigenvalue weighted by molar-refractivity contribution is -0.908. The van der Waals surface area contributed by atoms with Gasteiger partial charge in [0.05, 0.1) is 33.0 Å². The number of ether oxygens (including phenoxy) is 3. The normalized spacial score (nSPS) is 15.8. The third-order valence-corrected chi connectivity index (χ3v) is 4.06. The van der Waals surface area contributed by atoms with Crippen LogP contribution in [0.15, 0.2) is 29.3 Å². The average Bonchev–Trinajstić information content (AvgIpc) is 2.65. The third kappa shape index (κ3) is 7.01. The van der Waals surface area contributed by atoms with Crippen LogP contribution < -0.4 is 15.0 Å². The van der Waals surface area contributed by atoms with Gasteiger partial charge in [0.2, 0.25) is 0 Å². The van der Waals surface area contributed by atoms with E-state index in [2.05, 4.69) is 10.3 Å². The highest BCUT2D eigenvalue weighted by Gasteiger charge is 2.14. The number of hydrogen-bond acceptors (Lipinski definition) is 5. The minimum absolute atomic E-state index is 0.0604. The first-order chi connectivity index (χ1) is 12.6. The molecule has 1 saturated heterocycles. The number of benzene rings is 1. The number of aliphatic imine (C=N–C) groups is 1. The van der Waals surface area contributed by atoms with Gasteiger partial charge in [0.25, 0.3) is 11.9 Å². The average molecular weight is 364 g/mol. The molecule has 0 aliphatic carbocycles. The fraction of sp³-hybridized carbons (Fsp3) is 0.579. The van der Waals surface area contributed by atoms with E-state index in [9.17, 15) is 4.79 Å². The van der Waals surface area contributed by atoms with E-state index in [1.165, 1.54) is 0 Å². The van der Waals surface area contributed by atoms with Crippen molar-refractivity contribution in [2.24, 2.45) is 4.99 Å². The molecule has 0 atom stereocenters. The van der Waals surface area contributed by atoms with E-state index in [1.54, 1.807) is 36.3 Å². The van der Waals surface area contributed by atoms with E-state index in [1.807, 2.05) is 13.8 Å². The molecule has 1 aromatic carbocycles. The summed E-state index contributed by atoms with van der Waals surface area (Å²) in [4.78, 5) is 18.4. The van der Waals surface area contributed by atoms with Crippen LogP contribution in [0.5, 0.6) is 5.75 Å². The highest BCUT2D eigenvalue weighted by molar-refractivity contribution is 6.04. The number of methoxy groups -OCH3 is 1. The van der Waals surface area contributed by atoms with Crippen LogP contribution in [0.3, 0.4) is 0 Å². The lowest BCUT2D eigenvalue weighted by atomic mass is 10.2. The van der Waals surface area contributed by atoms with Crippen molar-refractivity contribution in [2.45, 2.75) is 26.4 Å². The van der Waals surface area contributed by atoms with E-state index in [0.29, 0.717) is 17.9 Å². The second-order valence-corrected chi connectivity index (χ2v) is 6.50. The first-order valence-electron chi connectivity index (χ1n) is 9.16. The monoisotopic (exact) mass is 364 g/mol. The van der Waals surface area contributed by atoms with Gasteiger partial charge in [0, 0.05) is 18.5 Å². The Morgan fingerprint density at radius 3 is 2.58 bits per heavy atom. The van der Waals surface area contributed by atoms with E-state index >= 15 is 0 Å². The van der Waals surface area contributed by atoms with Crippen LogP contribution in [-0.4, -0.2) is 64.5 Å². The van der Waals surface area contributed by atoms with E-state index in [-0.39, 0.29) is 18.0 Å². The van der Waals surface area contributed by atoms with Gasteiger partial charge in [-0.3, -0.25) is 10.1 Å². The molecule has 1 aliphatic rings. The van der Waals surface area contributed by atoms with Gasteiger partial charge in [-0.1, -0.05) is 0 Å². The quantitative estimate of drug-likeness (QED) is 0.420. The van der Waals surface area contributed by atoms with E-state index < -0.39 is 0 Å². The Labute approximate surface area is 155 Å². The van der Waals surface area contributed by atoms with Crippen molar-refractivity contribution in [2.75, 3.05) is 46.5 Å². The Bertz CT molecular complexity index is 581. The Hall–Kier alpha value is -2.12. The molecule has 0 spiro atoms. The smallest absolute Gasteiger partial charge is 0.291 e. The Kier molecular flexibility index (Phi) is 8.37. The highest BCUT2D eigenvalue weighted by Crippen LogP contribution is 2.11. The highest BCUT2D eigenvalue weighted by atomic mass is 16.5. The van der Waals surface area contributed by atoms with Crippen molar-refractivity contribution >= 4 is 11.9 Å². The van der Waals surface area contributed by atoms with Crippen LogP contribution in [0, 0.1) is 0 Å². The molecule has 1 fully saturated rings. The number of rotatable bonds is 7. The van der Waals surface area contributed by atoms with E-state index in [0.717, 1.165) is 39.3 Å². The number of amidine groups is 1. The summed E-state index contributed by atoms with van der Waals surface area (Å²) < 4.78 is 16.1. The van der Waals surface area contributed by atoms with Gasteiger partial charge >= 0.3 is 0 Å². The zero-order valence-electron chi connectivity index (χ0n) is 15.9. The molecule has 144 valence electrons. The van der Waals surface area contributed by atoms with Gasteiger partial charge in [0.1, 0.15) is 18.8 Å². The van der Waals surface area contributed by atoms with Crippen molar-refractivity contribution in [1.29, 1.82) is 0 Å². The van der Waals surface area contributed by atoms with Gasteiger partial charge in [-0.2, -0.15) is 0 Å². The molecule has 26 heavy (non-hydrogen) atoms. The number of carbonyl (C=O) groups excluding carboxylic acids is 1. The first-order valence-corrected chi connectivity index (χ1v) is 9.16. The lowest BCUT2D eigenvalue weighted by Gasteiger charge is -2.23. The molecule has 1 amide bonds. The number of quaternary nitrogens is 1. The van der Waals surface area contributed by atoms with Crippen LogP contribution in [0.25, 0.3) is 0 Å². The van der Waals surface area contributed by atoms with Crippen molar-refractivity contribution in [3.8, 4) is 5.75 Å². The summed E-state index contributed by atoms with van der Waals surface area (Å²) in [7, 11) is 1.59. The number of carbonyl (C=O) groups is 1. The zero-order chi connectivity index (χ0) is 18.8. The van der Waals surface area contributed by atoms with Crippen LogP contribution in [0.2, 0.25) is 0 Å². The molecule has 2 N–H and O–H groups in total. The summed E-state index contributed by atoms with van der Waals surface area (Å²) in [5.74, 6) is 0.463. The SMILES string of the molecule is COc1ccc(C(=O)NC(=NCCC[NH+]2CCOCC2)OC(C)C)cc1. The lowest BCUT2D eigenvalue weighted by Crippen LogP contribution is -3.14. The summed E-state index contributed by atoms with van der Waals surface area (Å²) in [6, 6.07) is 7.20. The number of nitrogens with one attached hydrogen (secondary N) is 2. The standard InChI is InChI=1S/C19H29N3O4/c1-15(2)26-19(20-9-4-10-22-11-13-25-14-12-22)21-18(23)16-5-7-17(24-3)8-6-16/h5-8,15H,4,9-14H2,1-3H3,(H,20,21,23)/p+1. The first kappa shape index (κ1) is 20.2. The minimum atomic E-state index is -0.245. The maximum Gasteiger partial charge on any atom is 0.291 e. The molecular formula is C19H30N3O4+. The maximum atomic E-state index is 12.4. The fourth-order valence-electron chi connectivity index (χ4n) is 2.66. The Balaban J connectivity index is 1.86. The molecule has 1 heterocycles. The largest absolute Gasteiger partial charge is 0.497 e. The predicted octanol–water partition coefficient (Wildman–Crippen LogP) is 0.511. The van der Waals surface area contributed by atoms with E-state index in [4.69, 9.17) is 14.2 Å². The maximum absolute atomic E-state index is 12.4. The van der Waals surface area contributed by atoms with Gasteiger partial charge in [-0.05, 0) is 38.1 Å². The van der Waals surface area contributed by atoms with Gasteiger partial charge in [-0.15, -0.1) is 0 Å². The molecule has 0 aromatic heterocycles. The zero-order valence-corrected chi connectivity index (χ0v) is 15.9. The summed E-state index contributed by atoms with van der Waals surface area (Å²) in [6.45, 7) is 9.25. The number of morpholine rings is 1. The summed E-state index contributed by atoms with van der Waals surface area (Å²) in [5, 5.41) is 2.76. The molecule has 2 rings (SSSR count). The minimum Gasteiger partial charge on any atom is -0.497 e. The second-order valence-electron chi connectivity index (χ2n) is 6.50. The summed E-state index contributed by atoms with van der Waals surface area (Å²) in [5.41, 5.74) is 0.531. The Morgan fingerprint density at radius 1 is 1.27 bits per heavy atom. The summed E-state index contributed by atoms with van der Waals surface area (Å²) >= 11 is 0. The fourth-order valence-corrected chi connectivity index (χ4v) is 2.66. The number of hydrogen-bond donors (Lipinski definition) is 2. The molecular weight excluding hydrogens is 334 g/mol. The van der Waals surface area contributed by atoms with Crippen LogP contribution in [0.4, 0.5) is 0 Å². The molecule has 0 radical (unpaired) electrons.